The highest BCUT2D eigenvalue weighted by Crippen LogP contribution is 2.39. The third kappa shape index (κ3) is 1.89. The summed E-state index contributed by atoms with van der Waals surface area (Å²) in [7, 11) is 0. The van der Waals surface area contributed by atoms with Crippen molar-refractivity contribution in [1.82, 2.24) is 0 Å². The second-order valence-corrected chi connectivity index (χ2v) is 4.49. The molecule has 0 aliphatic carbocycles. The predicted octanol–water partition coefficient (Wildman–Crippen LogP) is 0.972. The standard InChI is InChI=1S/C10H17FO4/c1-4-5(12)7-6(11)8-9(13-7)15-10(2,3)14-8/h5-9,12H,4H2,1-3H3/t5-,6-,7+,8+,9+/m0/s1. The Morgan fingerprint density at radius 2 is 2.07 bits per heavy atom. The van der Waals surface area contributed by atoms with Crippen molar-refractivity contribution < 1.29 is 23.7 Å². The number of aliphatic hydroxyl groups excluding tert-OH is 1. The van der Waals surface area contributed by atoms with Gasteiger partial charge in [-0.1, -0.05) is 6.92 Å². The molecule has 0 saturated carbocycles. The Hall–Kier alpha value is -0.230. The molecular formula is C10H17FO4. The van der Waals surface area contributed by atoms with Gasteiger partial charge in [-0.25, -0.2) is 4.39 Å². The Morgan fingerprint density at radius 3 is 2.60 bits per heavy atom. The Kier molecular flexibility index (Phi) is 2.75. The molecule has 0 unspecified atom stereocenters. The fourth-order valence-corrected chi connectivity index (χ4v) is 2.03. The van der Waals surface area contributed by atoms with Crippen molar-refractivity contribution in [3.8, 4) is 0 Å². The van der Waals surface area contributed by atoms with Gasteiger partial charge in [-0.3, -0.25) is 0 Å². The van der Waals surface area contributed by atoms with Crippen LogP contribution < -0.4 is 0 Å². The van der Waals surface area contributed by atoms with Crippen LogP contribution in [-0.2, 0) is 14.2 Å². The second-order valence-electron chi connectivity index (χ2n) is 4.49. The van der Waals surface area contributed by atoms with E-state index in [0.717, 1.165) is 0 Å². The number of halogens is 1. The molecule has 2 aliphatic heterocycles. The van der Waals surface area contributed by atoms with Gasteiger partial charge < -0.3 is 19.3 Å². The van der Waals surface area contributed by atoms with Crippen molar-refractivity contribution in [2.75, 3.05) is 0 Å². The van der Waals surface area contributed by atoms with Gasteiger partial charge in [0.15, 0.2) is 18.2 Å². The van der Waals surface area contributed by atoms with Gasteiger partial charge in [-0.2, -0.15) is 0 Å². The number of hydrogen-bond acceptors (Lipinski definition) is 4. The van der Waals surface area contributed by atoms with Gasteiger partial charge in [0.05, 0.1) is 6.10 Å². The molecule has 0 bridgehead atoms. The van der Waals surface area contributed by atoms with Crippen LogP contribution in [0.5, 0.6) is 0 Å². The van der Waals surface area contributed by atoms with Gasteiger partial charge in [-0.15, -0.1) is 0 Å². The van der Waals surface area contributed by atoms with Gasteiger partial charge in [0.25, 0.3) is 0 Å². The normalized spacial score (nSPS) is 45.4. The average Bonchev–Trinajstić information content (AvgIpc) is 2.60. The molecule has 2 fully saturated rings. The van der Waals surface area contributed by atoms with Crippen molar-refractivity contribution >= 4 is 0 Å². The van der Waals surface area contributed by atoms with Crippen LogP contribution in [0.15, 0.2) is 0 Å². The van der Waals surface area contributed by atoms with Crippen molar-refractivity contribution in [1.29, 1.82) is 0 Å². The molecular weight excluding hydrogens is 203 g/mol. The third-order valence-corrected chi connectivity index (χ3v) is 2.80. The number of rotatable bonds is 2. The van der Waals surface area contributed by atoms with Crippen LogP contribution in [-0.4, -0.2) is 41.7 Å². The smallest absolute Gasteiger partial charge is 0.190 e. The molecule has 1 N–H and O–H groups in total. The maximum absolute atomic E-state index is 13.8. The summed E-state index contributed by atoms with van der Waals surface area (Å²) in [6, 6.07) is 0. The first kappa shape index (κ1) is 11.3. The van der Waals surface area contributed by atoms with E-state index in [2.05, 4.69) is 0 Å². The quantitative estimate of drug-likeness (QED) is 0.753. The number of fused-ring (bicyclic) bond motifs is 1. The molecule has 0 spiro atoms. The summed E-state index contributed by atoms with van der Waals surface area (Å²) in [5.74, 6) is -0.804. The van der Waals surface area contributed by atoms with Crippen LogP contribution in [0.3, 0.4) is 0 Å². The maximum Gasteiger partial charge on any atom is 0.190 e. The molecule has 2 rings (SSSR count). The number of ether oxygens (including phenoxy) is 3. The van der Waals surface area contributed by atoms with E-state index >= 15 is 0 Å². The fraction of sp³-hybridized carbons (Fsp3) is 1.00. The van der Waals surface area contributed by atoms with Crippen LogP contribution in [0.25, 0.3) is 0 Å². The Labute approximate surface area is 88.3 Å². The molecule has 0 amide bonds. The van der Waals surface area contributed by atoms with E-state index in [9.17, 15) is 9.50 Å². The van der Waals surface area contributed by atoms with Crippen LogP contribution >= 0.6 is 0 Å². The summed E-state index contributed by atoms with van der Waals surface area (Å²) in [6.07, 6.45) is -3.92. The lowest BCUT2D eigenvalue weighted by molar-refractivity contribution is -0.221. The summed E-state index contributed by atoms with van der Waals surface area (Å²) < 4.78 is 29.9. The van der Waals surface area contributed by atoms with E-state index in [0.29, 0.717) is 6.42 Å². The van der Waals surface area contributed by atoms with Crippen LogP contribution in [0.1, 0.15) is 27.2 Å². The number of alkyl halides is 1. The zero-order valence-electron chi connectivity index (χ0n) is 9.14. The zero-order chi connectivity index (χ0) is 11.2. The van der Waals surface area contributed by atoms with E-state index < -0.39 is 36.6 Å². The lowest BCUT2D eigenvalue weighted by Gasteiger charge is -2.24. The molecule has 2 aliphatic rings. The maximum atomic E-state index is 13.8. The molecule has 5 heteroatoms. The van der Waals surface area contributed by atoms with E-state index in [1.54, 1.807) is 20.8 Å². The monoisotopic (exact) mass is 220 g/mol. The topological polar surface area (TPSA) is 47.9 Å². The van der Waals surface area contributed by atoms with Crippen molar-refractivity contribution in [3.05, 3.63) is 0 Å². The SMILES string of the molecule is CC[C@H](O)[C@H]1O[C@@H]2OC(C)(C)O[C@@H]2[C@H]1F. The average molecular weight is 220 g/mol. The predicted molar refractivity (Wildman–Crippen MR) is 49.9 cm³/mol. The molecule has 0 aromatic carbocycles. The Bertz CT molecular complexity index is 246. The van der Waals surface area contributed by atoms with Gasteiger partial charge in [0.2, 0.25) is 0 Å². The first-order valence-electron chi connectivity index (χ1n) is 5.28. The Balaban J connectivity index is 2.05. The summed E-state index contributed by atoms with van der Waals surface area (Å²) in [5, 5.41) is 9.54. The van der Waals surface area contributed by atoms with Gasteiger partial charge in [-0.05, 0) is 20.3 Å². The molecule has 4 nitrogen and oxygen atoms in total. The third-order valence-electron chi connectivity index (χ3n) is 2.80. The minimum Gasteiger partial charge on any atom is -0.390 e. The summed E-state index contributed by atoms with van der Waals surface area (Å²) in [4.78, 5) is 0. The van der Waals surface area contributed by atoms with Crippen LogP contribution in [0.2, 0.25) is 0 Å². The minimum absolute atomic E-state index is 0.452. The zero-order valence-corrected chi connectivity index (χ0v) is 9.14. The Morgan fingerprint density at radius 1 is 1.40 bits per heavy atom. The highest BCUT2D eigenvalue weighted by molar-refractivity contribution is 4.95. The summed E-state index contributed by atoms with van der Waals surface area (Å²) in [6.45, 7) is 5.21. The first-order valence-corrected chi connectivity index (χ1v) is 5.28. The minimum atomic E-state index is -1.33. The molecule has 5 atom stereocenters. The molecule has 0 radical (unpaired) electrons. The van der Waals surface area contributed by atoms with Crippen LogP contribution in [0, 0.1) is 0 Å². The van der Waals surface area contributed by atoms with Gasteiger partial charge in [0.1, 0.15) is 12.2 Å². The van der Waals surface area contributed by atoms with Crippen molar-refractivity contribution in [3.63, 3.8) is 0 Å². The van der Waals surface area contributed by atoms with Gasteiger partial charge in [0, 0.05) is 0 Å². The summed E-state index contributed by atoms with van der Waals surface area (Å²) in [5.41, 5.74) is 0. The van der Waals surface area contributed by atoms with Crippen LogP contribution in [0.4, 0.5) is 4.39 Å². The molecule has 0 aromatic rings. The fourth-order valence-electron chi connectivity index (χ4n) is 2.03. The molecule has 2 heterocycles. The largest absolute Gasteiger partial charge is 0.390 e. The van der Waals surface area contributed by atoms with E-state index in [1.165, 1.54) is 0 Å². The first-order chi connectivity index (χ1) is 6.94. The van der Waals surface area contributed by atoms with Gasteiger partial charge >= 0.3 is 0 Å². The molecule has 2 saturated heterocycles. The highest BCUT2D eigenvalue weighted by atomic mass is 19.1. The second kappa shape index (κ2) is 3.66. The number of hydrogen-bond donors (Lipinski definition) is 1. The number of aliphatic hydroxyl groups is 1. The molecule has 15 heavy (non-hydrogen) atoms. The highest BCUT2D eigenvalue weighted by Gasteiger charge is 2.56. The van der Waals surface area contributed by atoms with Crippen molar-refractivity contribution in [2.45, 2.75) is 63.8 Å². The summed E-state index contributed by atoms with van der Waals surface area (Å²) >= 11 is 0. The molecule has 88 valence electrons. The van der Waals surface area contributed by atoms with E-state index in [4.69, 9.17) is 14.2 Å². The lowest BCUT2D eigenvalue weighted by atomic mass is 10.1. The molecule has 0 aromatic heterocycles. The lowest BCUT2D eigenvalue weighted by Crippen LogP contribution is -2.38. The van der Waals surface area contributed by atoms with E-state index in [-0.39, 0.29) is 0 Å². The van der Waals surface area contributed by atoms with E-state index in [1.807, 2.05) is 0 Å². The van der Waals surface area contributed by atoms with Crippen molar-refractivity contribution in [2.24, 2.45) is 0 Å².